The summed E-state index contributed by atoms with van der Waals surface area (Å²) in [6, 6.07) is 1.89. The quantitative estimate of drug-likeness (QED) is 0.891. The molecule has 0 saturated carbocycles. The van der Waals surface area contributed by atoms with E-state index in [0.29, 0.717) is 24.8 Å². The van der Waals surface area contributed by atoms with Crippen LogP contribution in [-0.2, 0) is 16.1 Å². The Morgan fingerprint density at radius 2 is 2.39 bits per heavy atom. The van der Waals surface area contributed by atoms with E-state index in [9.17, 15) is 4.79 Å². The Bertz CT molecular complexity index is 635. The summed E-state index contributed by atoms with van der Waals surface area (Å²) < 4.78 is 7.61. The normalized spacial score (nSPS) is 19.0. The molecule has 7 nitrogen and oxygen atoms in total. The van der Waals surface area contributed by atoms with Gasteiger partial charge in [0.15, 0.2) is 5.13 Å². The van der Waals surface area contributed by atoms with Gasteiger partial charge in [-0.1, -0.05) is 0 Å². The summed E-state index contributed by atoms with van der Waals surface area (Å²) in [6.07, 6.45) is 3.73. The van der Waals surface area contributed by atoms with Crippen LogP contribution in [0.25, 0.3) is 0 Å². The maximum absolute atomic E-state index is 12.2. The number of nitrogens with one attached hydrogen (secondary N) is 1. The first-order chi connectivity index (χ1) is 11.1. The second-order valence-corrected chi connectivity index (χ2v) is 6.87. The zero-order chi connectivity index (χ0) is 16.2. The van der Waals surface area contributed by atoms with E-state index in [2.05, 4.69) is 20.3 Å². The van der Waals surface area contributed by atoms with E-state index in [-0.39, 0.29) is 12.0 Å². The maximum atomic E-state index is 12.2. The number of hydrogen-bond donors (Lipinski definition) is 1. The summed E-state index contributed by atoms with van der Waals surface area (Å²) in [4.78, 5) is 19.8. The smallest absolute Gasteiger partial charge is 0.240 e. The summed E-state index contributed by atoms with van der Waals surface area (Å²) in [5.41, 5.74) is 0.968. The molecule has 0 bridgehead atoms. The number of amides is 1. The Labute approximate surface area is 139 Å². The van der Waals surface area contributed by atoms with Crippen LogP contribution in [0.3, 0.4) is 0 Å². The molecule has 1 aliphatic heterocycles. The lowest BCUT2D eigenvalue weighted by molar-refractivity contribution is -0.119. The van der Waals surface area contributed by atoms with Gasteiger partial charge in [-0.3, -0.25) is 14.4 Å². The molecular weight excluding hydrogens is 314 g/mol. The Balaban J connectivity index is 1.49. The van der Waals surface area contributed by atoms with E-state index in [1.54, 1.807) is 6.20 Å². The van der Waals surface area contributed by atoms with Crippen LogP contribution in [0.2, 0.25) is 0 Å². The molecule has 0 spiro atoms. The van der Waals surface area contributed by atoms with Gasteiger partial charge in [-0.15, -0.1) is 11.3 Å². The number of rotatable bonds is 5. The van der Waals surface area contributed by atoms with Crippen molar-refractivity contribution in [2.24, 2.45) is 0 Å². The molecule has 1 saturated heterocycles. The lowest BCUT2D eigenvalue weighted by atomic mass is 10.2. The van der Waals surface area contributed by atoms with Crippen molar-refractivity contribution in [3.63, 3.8) is 0 Å². The fourth-order valence-corrected chi connectivity index (χ4v) is 3.37. The Morgan fingerprint density at radius 3 is 3.09 bits per heavy atom. The van der Waals surface area contributed by atoms with Crippen LogP contribution in [0.5, 0.6) is 0 Å². The Kier molecular flexibility index (Phi) is 5.04. The SMILES string of the molecule is Cc1nc(NC(=O)CN2CCO[C@@H](Cn3cccn3)C2)sc1C. The van der Waals surface area contributed by atoms with Crippen molar-refractivity contribution in [3.8, 4) is 0 Å². The van der Waals surface area contributed by atoms with Crippen molar-refractivity contribution in [1.29, 1.82) is 0 Å². The van der Waals surface area contributed by atoms with Crippen molar-refractivity contribution >= 4 is 22.4 Å². The van der Waals surface area contributed by atoms with Crippen LogP contribution in [0, 0.1) is 13.8 Å². The number of carbonyl (C=O) groups excluding carboxylic acids is 1. The van der Waals surface area contributed by atoms with Crippen molar-refractivity contribution in [3.05, 3.63) is 29.0 Å². The molecule has 1 N–H and O–H groups in total. The molecule has 2 aromatic heterocycles. The third kappa shape index (κ3) is 4.37. The topological polar surface area (TPSA) is 72.3 Å². The monoisotopic (exact) mass is 335 g/mol. The summed E-state index contributed by atoms with van der Waals surface area (Å²) in [7, 11) is 0. The number of carbonyl (C=O) groups is 1. The minimum Gasteiger partial charge on any atom is -0.374 e. The second-order valence-electron chi connectivity index (χ2n) is 5.66. The number of nitrogens with zero attached hydrogens (tertiary/aromatic N) is 4. The fraction of sp³-hybridized carbons (Fsp3) is 0.533. The highest BCUT2D eigenvalue weighted by atomic mass is 32.1. The van der Waals surface area contributed by atoms with Crippen LogP contribution in [-0.4, -0.2) is 57.9 Å². The molecule has 8 heteroatoms. The van der Waals surface area contributed by atoms with Gasteiger partial charge in [-0.2, -0.15) is 5.10 Å². The molecule has 0 aromatic carbocycles. The number of hydrogen-bond acceptors (Lipinski definition) is 6. The van der Waals surface area contributed by atoms with Crippen LogP contribution in [0.15, 0.2) is 18.5 Å². The molecular formula is C15H21N5O2S. The minimum absolute atomic E-state index is 0.0292. The molecule has 23 heavy (non-hydrogen) atoms. The first-order valence-corrected chi connectivity index (χ1v) is 8.47. The van der Waals surface area contributed by atoms with Crippen molar-refractivity contribution in [2.75, 3.05) is 31.6 Å². The minimum atomic E-state index is -0.0292. The lowest BCUT2D eigenvalue weighted by Crippen LogP contribution is -2.47. The van der Waals surface area contributed by atoms with Crippen LogP contribution in [0.1, 0.15) is 10.6 Å². The maximum Gasteiger partial charge on any atom is 0.240 e. The van der Waals surface area contributed by atoms with E-state index in [0.717, 1.165) is 23.7 Å². The van der Waals surface area contributed by atoms with Gasteiger partial charge in [0.2, 0.25) is 5.91 Å². The van der Waals surface area contributed by atoms with Gasteiger partial charge >= 0.3 is 0 Å². The van der Waals surface area contributed by atoms with E-state index in [4.69, 9.17) is 4.74 Å². The predicted octanol–water partition coefficient (Wildman–Crippen LogP) is 1.30. The molecule has 1 aliphatic rings. The van der Waals surface area contributed by atoms with Gasteiger partial charge in [0.05, 0.1) is 31.5 Å². The van der Waals surface area contributed by atoms with E-state index in [1.807, 2.05) is 30.8 Å². The number of thiazole rings is 1. The number of aryl methyl sites for hydroxylation is 2. The molecule has 1 fully saturated rings. The standard InChI is InChI=1S/C15H21N5O2S/c1-11-12(2)23-15(17-11)18-14(21)10-19-6-7-22-13(8-19)9-20-5-3-4-16-20/h3-5,13H,6-10H2,1-2H3,(H,17,18,21)/t13-/m1/s1. The number of anilines is 1. The Hall–Kier alpha value is -1.77. The summed E-state index contributed by atoms with van der Waals surface area (Å²) in [5.74, 6) is -0.0292. The van der Waals surface area contributed by atoms with Crippen molar-refractivity contribution < 1.29 is 9.53 Å². The van der Waals surface area contributed by atoms with E-state index >= 15 is 0 Å². The number of aromatic nitrogens is 3. The first-order valence-electron chi connectivity index (χ1n) is 7.65. The average molecular weight is 335 g/mol. The van der Waals surface area contributed by atoms with Crippen LogP contribution < -0.4 is 5.32 Å². The number of morpholine rings is 1. The first kappa shape index (κ1) is 16.1. The number of ether oxygens (including phenoxy) is 1. The fourth-order valence-electron chi connectivity index (χ4n) is 2.54. The van der Waals surface area contributed by atoms with Gasteiger partial charge < -0.3 is 10.1 Å². The summed E-state index contributed by atoms with van der Waals surface area (Å²) >= 11 is 1.51. The van der Waals surface area contributed by atoms with Gasteiger partial charge in [0, 0.05) is 30.4 Å². The Morgan fingerprint density at radius 1 is 1.52 bits per heavy atom. The molecule has 2 aromatic rings. The molecule has 3 rings (SSSR count). The lowest BCUT2D eigenvalue weighted by Gasteiger charge is -2.32. The molecule has 0 unspecified atom stereocenters. The molecule has 1 atom stereocenters. The largest absolute Gasteiger partial charge is 0.374 e. The zero-order valence-electron chi connectivity index (χ0n) is 13.4. The van der Waals surface area contributed by atoms with Gasteiger partial charge in [-0.25, -0.2) is 4.98 Å². The van der Waals surface area contributed by atoms with Gasteiger partial charge in [0.25, 0.3) is 0 Å². The predicted molar refractivity (Wildman–Crippen MR) is 88.6 cm³/mol. The third-order valence-corrected chi connectivity index (χ3v) is 4.80. The molecule has 0 radical (unpaired) electrons. The highest BCUT2D eigenvalue weighted by molar-refractivity contribution is 7.15. The van der Waals surface area contributed by atoms with Crippen molar-refractivity contribution in [1.82, 2.24) is 19.7 Å². The highest BCUT2D eigenvalue weighted by Gasteiger charge is 2.23. The summed E-state index contributed by atoms with van der Waals surface area (Å²) in [5, 5.41) is 7.75. The van der Waals surface area contributed by atoms with Crippen molar-refractivity contribution in [2.45, 2.75) is 26.5 Å². The molecule has 124 valence electrons. The molecule has 3 heterocycles. The van der Waals surface area contributed by atoms with E-state index < -0.39 is 0 Å². The molecule has 0 aliphatic carbocycles. The van der Waals surface area contributed by atoms with Crippen LogP contribution in [0.4, 0.5) is 5.13 Å². The second kappa shape index (κ2) is 7.20. The molecule has 1 amide bonds. The van der Waals surface area contributed by atoms with Crippen LogP contribution >= 0.6 is 11.3 Å². The summed E-state index contributed by atoms with van der Waals surface area (Å²) in [6.45, 7) is 7.14. The van der Waals surface area contributed by atoms with E-state index in [1.165, 1.54) is 11.3 Å². The third-order valence-electron chi connectivity index (χ3n) is 3.81. The average Bonchev–Trinajstić information content (AvgIpc) is 3.10. The highest BCUT2D eigenvalue weighted by Crippen LogP contribution is 2.21. The van der Waals surface area contributed by atoms with Gasteiger partial charge in [0.1, 0.15) is 0 Å². The zero-order valence-corrected chi connectivity index (χ0v) is 14.2. The van der Waals surface area contributed by atoms with Gasteiger partial charge in [-0.05, 0) is 19.9 Å².